The minimum atomic E-state index is -3.94. The molecule has 1 atom stereocenters. The number of nitrogens with one attached hydrogen (secondary N) is 1. The zero-order chi connectivity index (χ0) is 21.7. The molecule has 1 amide bonds. The number of halogens is 2. The maximum Gasteiger partial charge on any atom is 0.224 e. The van der Waals surface area contributed by atoms with E-state index in [2.05, 4.69) is 10.3 Å². The van der Waals surface area contributed by atoms with E-state index < -0.39 is 32.6 Å². The normalized spacial score (nSPS) is 12.4. The first-order valence-corrected chi connectivity index (χ1v) is 10.7. The van der Waals surface area contributed by atoms with Crippen LogP contribution in [0.3, 0.4) is 0 Å². The molecule has 0 bridgehead atoms. The number of carbonyl (C=O) groups is 1. The third-order valence-corrected chi connectivity index (χ3v) is 6.75. The van der Waals surface area contributed by atoms with Gasteiger partial charge in [0.2, 0.25) is 5.91 Å². The first-order chi connectivity index (χ1) is 14.3. The predicted molar refractivity (Wildman–Crippen MR) is 108 cm³/mol. The lowest BCUT2D eigenvalue weighted by molar-refractivity contribution is -0.120. The Balaban J connectivity index is 1.83. The standard InChI is InChI=1S/C22H20F2N2O3S/c1-15-11-19(8-9-20(15)24)30(28,29)21(17-3-2-10-25-13-17)14-26-22(27)12-16-4-6-18(23)7-5-16/h2-11,13,21H,12,14H2,1H3,(H,26,27). The molecule has 3 aromatic rings. The highest BCUT2D eigenvalue weighted by Crippen LogP contribution is 2.29. The lowest BCUT2D eigenvalue weighted by atomic mass is 10.1. The van der Waals surface area contributed by atoms with Crippen molar-refractivity contribution in [3.05, 3.63) is 95.3 Å². The van der Waals surface area contributed by atoms with Gasteiger partial charge in [0, 0.05) is 18.9 Å². The number of benzene rings is 2. The van der Waals surface area contributed by atoms with Crippen LogP contribution in [-0.2, 0) is 21.1 Å². The summed E-state index contributed by atoms with van der Waals surface area (Å²) in [5.74, 6) is -1.31. The topological polar surface area (TPSA) is 76.1 Å². The van der Waals surface area contributed by atoms with E-state index in [0.717, 1.165) is 6.07 Å². The summed E-state index contributed by atoms with van der Waals surface area (Å²) in [6.07, 6.45) is 2.92. The molecule has 1 heterocycles. The molecule has 0 spiro atoms. The largest absolute Gasteiger partial charge is 0.354 e. The Morgan fingerprint density at radius 1 is 1.10 bits per heavy atom. The Hall–Kier alpha value is -3.13. The molecule has 0 aliphatic carbocycles. The van der Waals surface area contributed by atoms with Crippen molar-refractivity contribution in [3.63, 3.8) is 0 Å². The molecule has 2 aromatic carbocycles. The van der Waals surface area contributed by atoms with Crippen molar-refractivity contribution in [1.82, 2.24) is 10.3 Å². The summed E-state index contributed by atoms with van der Waals surface area (Å²) in [6, 6.07) is 12.3. The van der Waals surface area contributed by atoms with E-state index in [1.807, 2.05) is 0 Å². The summed E-state index contributed by atoms with van der Waals surface area (Å²) in [5.41, 5.74) is 1.21. The van der Waals surface area contributed by atoms with Crippen LogP contribution in [0.25, 0.3) is 0 Å². The summed E-state index contributed by atoms with van der Waals surface area (Å²) < 4.78 is 53.1. The predicted octanol–water partition coefficient (Wildman–Crippen LogP) is 3.54. The van der Waals surface area contributed by atoms with Gasteiger partial charge in [-0.1, -0.05) is 18.2 Å². The maximum absolute atomic E-state index is 13.6. The molecule has 156 valence electrons. The number of sulfone groups is 1. The highest BCUT2D eigenvalue weighted by Gasteiger charge is 2.30. The molecule has 30 heavy (non-hydrogen) atoms. The number of hydrogen-bond donors (Lipinski definition) is 1. The van der Waals surface area contributed by atoms with Crippen molar-refractivity contribution in [2.75, 3.05) is 6.54 Å². The minimum absolute atomic E-state index is 0.0181. The average molecular weight is 430 g/mol. The van der Waals surface area contributed by atoms with Gasteiger partial charge in [-0.3, -0.25) is 9.78 Å². The number of amides is 1. The van der Waals surface area contributed by atoms with E-state index in [4.69, 9.17) is 0 Å². The fraction of sp³-hybridized carbons (Fsp3) is 0.182. The van der Waals surface area contributed by atoms with Gasteiger partial charge in [0.05, 0.1) is 11.3 Å². The minimum Gasteiger partial charge on any atom is -0.354 e. The lowest BCUT2D eigenvalue weighted by Crippen LogP contribution is -2.33. The van der Waals surface area contributed by atoms with Gasteiger partial charge < -0.3 is 5.32 Å². The van der Waals surface area contributed by atoms with Crippen LogP contribution in [0, 0.1) is 18.6 Å². The summed E-state index contributed by atoms with van der Waals surface area (Å²) in [6.45, 7) is 1.29. The maximum atomic E-state index is 13.6. The molecular formula is C22H20F2N2O3S. The van der Waals surface area contributed by atoms with Gasteiger partial charge in [-0.15, -0.1) is 0 Å². The molecular weight excluding hydrogens is 410 g/mol. The molecule has 0 saturated heterocycles. The smallest absolute Gasteiger partial charge is 0.224 e. The Labute approximate surface area is 173 Å². The summed E-state index contributed by atoms with van der Waals surface area (Å²) in [4.78, 5) is 16.3. The van der Waals surface area contributed by atoms with Crippen LogP contribution in [0.5, 0.6) is 0 Å². The van der Waals surface area contributed by atoms with E-state index in [0.29, 0.717) is 11.1 Å². The fourth-order valence-electron chi connectivity index (χ4n) is 2.99. The molecule has 1 unspecified atom stereocenters. The molecule has 3 rings (SSSR count). The molecule has 1 N–H and O–H groups in total. The van der Waals surface area contributed by atoms with E-state index in [1.165, 1.54) is 55.7 Å². The Morgan fingerprint density at radius 2 is 1.83 bits per heavy atom. The molecule has 1 aromatic heterocycles. The third kappa shape index (κ3) is 5.07. The molecule has 0 fully saturated rings. The van der Waals surface area contributed by atoms with E-state index >= 15 is 0 Å². The molecule has 8 heteroatoms. The fourth-order valence-corrected chi connectivity index (χ4v) is 4.72. The van der Waals surface area contributed by atoms with Crippen molar-refractivity contribution in [2.24, 2.45) is 0 Å². The van der Waals surface area contributed by atoms with E-state index in [-0.39, 0.29) is 23.4 Å². The van der Waals surface area contributed by atoms with Crippen LogP contribution in [0.1, 0.15) is 21.9 Å². The zero-order valence-corrected chi connectivity index (χ0v) is 17.0. The van der Waals surface area contributed by atoms with Crippen LogP contribution < -0.4 is 5.32 Å². The van der Waals surface area contributed by atoms with Crippen LogP contribution in [-0.4, -0.2) is 25.9 Å². The van der Waals surface area contributed by atoms with Gasteiger partial charge in [0.15, 0.2) is 9.84 Å². The van der Waals surface area contributed by atoms with Gasteiger partial charge in [-0.25, -0.2) is 17.2 Å². The first-order valence-electron chi connectivity index (χ1n) is 9.18. The third-order valence-electron chi connectivity index (χ3n) is 4.65. The van der Waals surface area contributed by atoms with Gasteiger partial charge in [0.1, 0.15) is 16.9 Å². The summed E-state index contributed by atoms with van der Waals surface area (Å²) in [5, 5.41) is 1.53. The number of aromatic nitrogens is 1. The van der Waals surface area contributed by atoms with E-state index in [9.17, 15) is 22.0 Å². The highest BCUT2D eigenvalue weighted by atomic mass is 32.2. The second kappa shape index (κ2) is 9.13. The Morgan fingerprint density at radius 3 is 2.47 bits per heavy atom. The number of carbonyl (C=O) groups excluding carboxylic acids is 1. The van der Waals surface area contributed by atoms with Crippen molar-refractivity contribution in [1.29, 1.82) is 0 Å². The summed E-state index contributed by atoms with van der Waals surface area (Å²) >= 11 is 0. The zero-order valence-electron chi connectivity index (χ0n) is 16.2. The van der Waals surface area contributed by atoms with Gasteiger partial charge in [-0.05, 0) is 60.0 Å². The molecule has 0 saturated carbocycles. The van der Waals surface area contributed by atoms with Gasteiger partial charge in [-0.2, -0.15) is 0 Å². The van der Waals surface area contributed by atoms with Crippen LogP contribution in [0.4, 0.5) is 8.78 Å². The second-order valence-corrected chi connectivity index (χ2v) is 8.97. The average Bonchev–Trinajstić information content (AvgIpc) is 2.72. The van der Waals surface area contributed by atoms with Crippen LogP contribution >= 0.6 is 0 Å². The van der Waals surface area contributed by atoms with Crippen LogP contribution in [0.2, 0.25) is 0 Å². The quantitative estimate of drug-likeness (QED) is 0.582. The van der Waals surface area contributed by atoms with E-state index in [1.54, 1.807) is 12.1 Å². The number of hydrogen-bond acceptors (Lipinski definition) is 4. The number of nitrogens with zero attached hydrogens (tertiary/aromatic N) is 1. The van der Waals surface area contributed by atoms with Crippen molar-refractivity contribution in [2.45, 2.75) is 23.5 Å². The molecule has 0 radical (unpaired) electrons. The van der Waals surface area contributed by atoms with Crippen molar-refractivity contribution >= 4 is 15.7 Å². The van der Waals surface area contributed by atoms with Gasteiger partial charge >= 0.3 is 0 Å². The monoisotopic (exact) mass is 430 g/mol. The number of pyridine rings is 1. The van der Waals surface area contributed by atoms with Gasteiger partial charge in [0.25, 0.3) is 0 Å². The van der Waals surface area contributed by atoms with Crippen LogP contribution in [0.15, 0.2) is 71.9 Å². The molecule has 5 nitrogen and oxygen atoms in total. The second-order valence-electron chi connectivity index (χ2n) is 6.84. The summed E-state index contributed by atoms with van der Waals surface area (Å²) in [7, 11) is -3.94. The molecule has 0 aliphatic rings. The SMILES string of the molecule is Cc1cc(S(=O)(=O)C(CNC(=O)Cc2ccc(F)cc2)c2cccnc2)ccc1F. The Kier molecular flexibility index (Phi) is 6.56. The van der Waals surface area contributed by atoms with Crippen molar-refractivity contribution in [3.8, 4) is 0 Å². The van der Waals surface area contributed by atoms with Crippen molar-refractivity contribution < 1.29 is 22.0 Å². The molecule has 0 aliphatic heterocycles. The Bertz CT molecular complexity index is 1130. The number of rotatable bonds is 7. The lowest BCUT2D eigenvalue weighted by Gasteiger charge is -2.19. The highest BCUT2D eigenvalue weighted by molar-refractivity contribution is 7.91. The number of aryl methyl sites for hydroxylation is 1. The first kappa shape index (κ1) is 21.6.